The van der Waals surface area contributed by atoms with Gasteiger partial charge in [0.05, 0.1) is 5.56 Å². The summed E-state index contributed by atoms with van der Waals surface area (Å²) in [5.74, 6) is 0.582. The number of nitrogens with two attached hydrogens (primary N) is 1. The Kier molecular flexibility index (Phi) is 2.01. The Balaban J connectivity index is 2.55. The first-order valence-electron chi connectivity index (χ1n) is 4.59. The number of hydrogen-bond donors (Lipinski definition) is 1. The van der Waals surface area contributed by atoms with Crippen molar-refractivity contribution >= 4 is 16.3 Å². The lowest BCUT2D eigenvalue weighted by Gasteiger charge is -2.06. The van der Waals surface area contributed by atoms with E-state index in [0.717, 1.165) is 18.4 Å². The van der Waals surface area contributed by atoms with Crippen LogP contribution in [0, 0.1) is 11.3 Å². The quantitative estimate of drug-likeness (QED) is 0.743. The van der Waals surface area contributed by atoms with Gasteiger partial charge in [-0.3, -0.25) is 0 Å². The second-order valence-electron chi connectivity index (χ2n) is 3.43. The number of nitriles is 1. The van der Waals surface area contributed by atoms with E-state index in [4.69, 9.17) is 11.0 Å². The molecule has 2 rings (SSSR count). The van der Waals surface area contributed by atoms with Gasteiger partial charge < -0.3 is 5.73 Å². The molecule has 13 heavy (non-hydrogen) atoms. The number of fused-ring (bicyclic) bond motifs is 1. The molecule has 1 atom stereocenters. The Morgan fingerprint density at radius 1 is 1.69 bits per heavy atom. The highest BCUT2D eigenvalue weighted by atomic mass is 32.1. The van der Waals surface area contributed by atoms with Gasteiger partial charge in [0, 0.05) is 4.88 Å². The smallest absolute Gasteiger partial charge is 0.104 e. The van der Waals surface area contributed by atoms with Crippen LogP contribution in [0.2, 0.25) is 0 Å². The first-order valence-corrected chi connectivity index (χ1v) is 5.40. The Hall–Kier alpha value is -1.01. The molecular formula is C10H12N2S. The van der Waals surface area contributed by atoms with Crippen LogP contribution in [-0.2, 0) is 6.42 Å². The molecule has 0 fully saturated rings. The maximum Gasteiger partial charge on any atom is 0.104 e. The summed E-state index contributed by atoms with van der Waals surface area (Å²) >= 11 is 1.60. The monoisotopic (exact) mass is 192 g/mol. The van der Waals surface area contributed by atoms with Crippen molar-refractivity contribution in [2.45, 2.75) is 32.1 Å². The second-order valence-corrected chi connectivity index (χ2v) is 4.57. The number of hydrogen-bond acceptors (Lipinski definition) is 3. The van der Waals surface area contributed by atoms with Crippen LogP contribution in [0.3, 0.4) is 0 Å². The maximum atomic E-state index is 8.96. The van der Waals surface area contributed by atoms with E-state index in [2.05, 4.69) is 13.0 Å². The SMILES string of the molecule is CCC1CCc2sc(N)c(C#N)c21. The number of nitrogens with zero attached hydrogens (tertiary/aromatic N) is 1. The fourth-order valence-electron chi connectivity index (χ4n) is 2.10. The lowest BCUT2D eigenvalue weighted by molar-refractivity contribution is 0.655. The number of anilines is 1. The predicted molar refractivity (Wildman–Crippen MR) is 54.8 cm³/mol. The molecule has 2 nitrogen and oxygen atoms in total. The van der Waals surface area contributed by atoms with Crippen molar-refractivity contribution in [1.29, 1.82) is 5.26 Å². The number of thiophene rings is 1. The van der Waals surface area contributed by atoms with E-state index < -0.39 is 0 Å². The third-order valence-corrected chi connectivity index (χ3v) is 3.88. The van der Waals surface area contributed by atoms with Crippen LogP contribution in [0.25, 0.3) is 0 Å². The Labute approximate surface area is 82.0 Å². The molecule has 1 unspecified atom stereocenters. The minimum Gasteiger partial charge on any atom is -0.389 e. The highest BCUT2D eigenvalue weighted by molar-refractivity contribution is 7.16. The summed E-state index contributed by atoms with van der Waals surface area (Å²) in [6.45, 7) is 2.18. The van der Waals surface area contributed by atoms with Crippen molar-refractivity contribution in [3.63, 3.8) is 0 Å². The molecule has 0 amide bonds. The van der Waals surface area contributed by atoms with Gasteiger partial charge in [-0.05, 0) is 30.7 Å². The van der Waals surface area contributed by atoms with Crippen LogP contribution in [0.15, 0.2) is 0 Å². The fourth-order valence-corrected chi connectivity index (χ4v) is 3.22. The van der Waals surface area contributed by atoms with Crippen LogP contribution < -0.4 is 5.73 Å². The summed E-state index contributed by atoms with van der Waals surface area (Å²) in [6.07, 6.45) is 3.44. The zero-order chi connectivity index (χ0) is 9.42. The molecule has 1 aromatic rings. The average Bonchev–Trinajstić information content (AvgIpc) is 2.62. The summed E-state index contributed by atoms with van der Waals surface area (Å²) in [5.41, 5.74) is 7.79. The number of rotatable bonds is 1. The molecule has 0 saturated heterocycles. The van der Waals surface area contributed by atoms with Crippen molar-refractivity contribution in [3.8, 4) is 6.07 Å². The highest BCUT2D eigenvalue weighted by Crippen LogP contribution is 2.44. The molecule has 0 saturated carbocycles. The summed E-state index contributed by atoms with van der Waals surface area (Å²) in [7, 11) is 0. The van der Waals surface area contributed by atoms with E-state index >= 15 is 0 Å². The van der Waals surface area contributed by atoms with Crippen LogP contribution >= 0.6 is 11.3 Å². The van der Waals surface area contributed by atoms with Gasteiger partial charge in [0.2, 0.25) is 0 Å². The molecule has 3 heteroatoms. The maximum absolute atomic E-state index is 8.96. The van der Waals surface area contributed by atoms with Crippen molar-refractivity contribution in [2.24, 2.45) is 0 Å². The first kappa shape index (κ1) is 8.58. The zero-order valence-corrected chi connectivity index (χ0v) is 8.45. The number of aryl methyl sites for hydroxylation is 1. The molecule has 68 valence electrons. The lowest BCUT2D eigenvalue weighted by atomic mass is 9.97. The average molecular weight is 192 g/mol. The third kappa shape index (κ3) is 1.13. The van der Waals surface area contributed by atoms with Gasteiger partial charge in [-0.2, -0.15) is 5.26 Å². The molecule has 1 aliphatic rings. The van der Waals surface area contributed by atoms with E-state index in [1.165, 1.54) is 16.9 Å². The summed E-state index contributed by atoms with van der Waals surface area (Å²) in [6, 6.07) is 2.23. The molecule has 1 aromatic heterocycles. The lowest BCUT2D eigenvalue weighted by Crippen LogP contribution is -1.94. The Morgan fingerprint density at radius 3 is 3.08 bits per heavy atom. The highest BCUT2D eigenvalue weighted by Gasteiger charge is 2.28. The van der Waals surface area contributed by atoms with E-state index in [-0.39, 0.29) is 0 Å². The zero-order valence-electron chi connectivity index (χ0n) is 7.63. The molecular weight excluding hydrogens is 180 g/mol. The van der Waals surface area contributed by atoms with Gasteiger partial charge in [-0.25, -0.2) is 0 Å². The largest absolute Gasteiger partial charge is 0.389 e. The van der Waals surface area contributed by atoms with E-state index in [1.54, 1.807) is 11.3 Å². The van der Waals surface area contributed by atoms with Crippen LogP contribution in [0.4, 0.5) is 5.00 Å². The van der Waals surface area contributed by atoms with Gasteiger partial charge >= 0.3 is 0 Å². The molecule has 0 bridgehead atoms. The minimum atomic E-state index is 0.582. The molecule has 1 heterocycles. The normalized spacial score (nSPS) is 19.8. The van der Waals surface area contributed by atoms with Gasteiger partial charge in [-0.15, -0.1) is 11.3 Å². The summed E-state index contributed by atoms with van der Waals surface area (Å²) in [5, 5.41) is 9.68. The molecule has 0 radical (unpaired) electrons. The van der Waals surface area contributed by atoms with Gasteiger partial charge in [-0.1, -0.05) is 6.92 Å². The van der Waals surface area contributed by atoms with Crippen molar-refractivity contribution in [2.75, 3.05) is 5.73 Å². The van der Waals surface area contributed by atoms with Crippen molar-refractivity contribution in [1.82, 2.24) is 0 Å². The third-order valence-electron chi connectivity index (χ3n) is 2.78. The van der Waals surface area contributed by atoms with Crippen LogP contribution in [-0.4, -0.2) is 0 Å². The summed E-state index contributed by atoms with van der Waals surface area (Å²) in [4.78, 5) is 1.35. The molecule has 1 aliphatic carbocycles. The fraction of sp³-hybridized carbons (Fsp3) is 0.500. The Bertz CT molecular complexity index is 373. The molecule has 0 aliphatic heterocycles. The topological polar surface area (TPSA) is 49.8 Å². The second kappa shape index (κ2) is 3.04. The van der Waals surface area contributed by atoms with Crippen molar-refractivity contribution in [3.05, 3.63) is 16.0 Å². The minimum absolute atomic E-state index is 0.582. The number of nitrogen functional groups attached to an aromatic ring is 1. The van der Waals surface area contributed by atoms with Crippen LogP contribution in [0.1, 0.15) is 41.7 Å². The van der Waals surface area contributed by atoms with Gasteiger partial charge in [0.15, 0.2) is 0 Å². The Morgan fingerprint density at radius 2 is 2.46 bits per heavy atom. The molecule has 0 spiro atoms. The molecule has 2 N–H and O–H groups in total. The summed E-state index contributed by atoms with van der Waals surface area (Å²) < 4.78 is 0. The van der Waals surface area contributed by atoms with Crippen LogP contribution in [0.5, 0.6) is 0 Å². The van der Waals surface area contributed by atoms with E-state index in [0.29, 0.717) is 10.9 Å². The van der Waals surface area contributed by atoms with Gasteiger partial charge in [0.1, 0.15) is 11.1 Å². The van der Waals surface area contributed by atoms with E-state index in [1.807, 2.05) is 0 Å². The molecule has 0 aromatic carbocycles. The predicted octanol–water partition coefficient (Wildman–Crippen LogP) is 2.64. The van der Waals surface area contributed by atoms with Crippen molar-refractivity contribution < 1.29 is 0 Å². The standard InChI is InChI=1S/C10H12N2S/c1-2-6-3-4-8-9(6)7(5-11)10(12)13-8/h6H,2-4,12H2,1H3. The van der Waals surface area contributed by atoms with Gasteiger partial charge in [0.25, 0.3) is 0 Å². The first-order chi connectivity index (χ1) is 6.27. The van der Waals surface area contributed by atoms with E-state index in [9.17, 15) is 0 Å².